The smallest absolute Gasteiger partial charge is 0.0819 e. The molecule has 1 saturated carbocycles. The molecule has 2 nitrogen and oxygen atoms in total. The molecule has 0 saturated heterocycles. The third-order valence-corrected chi connectivity index (χ3v) is 3.57. The van der Waals surface area contributed by atoms with E-state index >= 15 is 0 Å². The highest BCUT2D eigenvalue weighted by molar-refractivity contribution is 6.31. The van der Waals surface area contributed by atoms with E-state index < -0.39 is 5.60 Å². The van der Waals surface area contributed by atoms with Crippen molar-refractivity contribution in [1.29, 1.82) is 0 Å². The van der Waals surface area contributed by atoms with Gasteiger partial charge in [-0.25, -0.2) is 0 Å². The molecule has 0 aromatic heterocycles. The molecular formula is C12H16ClNO. The van der Waals surface area contributed by atoms with E-state index in [9.17, 15) is 5.11 Å². The minimum absolute atomic E-state index is 0.491. The van der Waals surface area contributed by atoms with Gasteiger partial charge in [-0.15, -0.1) is 0 Å². The molecular weight excluding hydrogens is 210 g/mol. The Morgan fingerprint density at radius 3 is 2.80 bits per heavy atom. The van der Waals surface area contributed by atoms with Crippen LogP contribution in [0.5, 0.6) is 0 Å². The number of rotatable bonds is 3. The first-order valence-electron chi connectivity index (χ1n) is 5.32. The standard InChI is InChI=1S/C12H16ClNO/c1-9-10(13)4-2-5-11(9)14-8-12(15)6-3-7-12/h2,4-5,14-15H,3,6-8H2,1H3. The molecule has 2 rings (SSSR count). The SMILES string of the molecule is Cc1c(Cl)cccc1NCC1(O)CCC1. The zero-order chi connectivity index (χ0) is 10.9. The van der Waals surface area contributed by atoms with Crippen molar-refractivity contribution in [3.63, 3.8) is 0 Å². The maximum atomic E-state index is 9.94. The Labute approximate surface area is 95.3 Å². The molecule has 82 valence electrons. The van der Waals surface area contributed by atoms with Gasteiger partial charge in [0.1, 0.15) is 0 Å². The Hall–Kier alpha value is -0.730. The Morgan fingerprint density at radius 1 is 1.47 bits per heavy atom. The number of aliphatic hydroxyl groups is 1. The third kappa shape index (κ3) is 2.27. The van der Waals surface area contributed by atoms with E-state index in [4.69, 9.17) is 11.6 Å². The number of halogens is 1. The molecule has 0 spiro atoms. The highest BCUT2D eigenvalue weighted by Crippen LogP contribution is 2.32. The van der Waals surface area contributed by atoms with Gasteiger partial charge in [0.2, 0.25) is 0 Å². The summed E-state index contributed by atoms with van der Waals surface area (Å²) in [6.45, 7) is 2.60. The summed E-state index contributed by atoms with van der Waals surface area (Å²) in [6.07, 6.45) is 2.94. The van der Waals surface area contributed by atoms with Crippen molar-refractivity contribution in [1.82, 2.24) is 0 Å². The van der Waals surface area contributed by atoms with Gasteiger partial charge < -0.3 is 10.4 Å². The van der Waals surface area contributed by atoms with Crippen LogP contribution in [-0.4, -0.2) is 17.3 Å². The average molecular weight is 226 g/mol. The largest absolute Gasteiger partial charge is 0.388 e. The fraction of sp³-hybridized carbons (Fsp3) is 0.500. The van der Waals surface area contributed by atoms with Gasteiger partial charge in [-0.05, 0) is 43.9 Å². The number of anilines is 1. The van der Waals surface area contributed by atoms with Gasteiger partial charge in [-0.1, -0.05) is 17.7 Å². The van der Waals surface area contributed by atoms with Crippen molar-refractivity contribution in [2.45, 2.75) is 31.8 Å². The van der Waals surface area contributed by atoms with Crippen molar-refractivity contribution in [3.8, 4) is 0 Å². The van der Waals surface area contributed by atoms with Crippen molar-refractivity contribution in [2.75, 3.05) is 11.9 Å². The molecule has 0 heterocycles. The molecule has 3 heteroatoms. The normalized spacial score (nSPS) is 18.3. The van der Waals surface area contributed by atoms with Crippen LogP contribution in [0.4, 0.5) is 5.69 Å². The van der Waals surface area contributed by atoms with Crippen molar-refractivity contribution in [2.24, 2.45) is 0 Å². The molecule has 0 radical (unpaired) electrons. The highest BCUT2D eigenvalue weighted by atomic mass is 35.5. The third-order valence-electron chi connectivity index (χ3n) is 3.16. The molecule has 0 unspecified atom stereocenters. The van der Waals surface area contributed by atoms with Crippen LogP contribution in [-0.2, 0) is 0 Å². The monoisotopic (exact) mass is 225 g/mol. The van der Waals surface area contributed by atoms with Gasteiger partial charge in [0.25, 0.3) is 0 Å². The highest BCUT2D eigenvalue weighted by Gasteiger charge is 2.33. The molecule has 0 amide bonds. The van der Waals surface area contributed by atoms with Gasteiger partial charge >= 0.3 is 0 Å². The van der Waals surface area contributed by atoms with E-state index in [-0.39, 0.29) is 0 Å². The van der Waals surface area contributed by atoms with Crippen LogP contribution < -0.4 is 5.32 Å². The molecule has 15 heavy (non-hydrogen) atoms. The topological polar surface area (TPSA) is 32.3 Å². The molecule has 1 fully saturated rings. The van der Waals surface area contributed by atoms with Gasteiger partial charge in [0.05, 0.1) is 5.60 Å². The lowest BCUT2D eigenvalue weighted by Gasteiger charge is -2.37. The molecule has 0 atom stereocenters. The zero-order valence-corrected chi connectivity index (χ0v) is 9.64. The molecule has 0 bridgehead atoms. The van der Waals surface area contributed by atoms with Crippen LogP contribution in [0.15, 0.2) is 18.2 Å². The van der Waals surface area contributed by atoms with Crippen molar-refractivity contribution in [3.05, 3.63) is 28.8 Å². The number of benzene rings is 1. The Morgan fingerprint density at radius 2 is 2.20 bits per heavy atom. The van der Waals surface area contributed by atoms with E-state index in [2.05, 4.69) is 5.32 Å². The summed E-state index contributed by atoms with van der Waals surface area (Å²) in [5, 5.41) is 14.0. The van der Waals surface area contributed by atoms with Crippen LogP contribution >= 0.6 is 11.6 Å². The van der Waals surface area contributed by atoms with Gasteiger partial charge in [-0.3, -0.25) is 0 Å². The van der Waals surface area contributed by atoms with E-state index in [1.54, 1.807) is 0 Å². The van der Waals surface area contributed by atoms with Crippen LogP contribution in [0.3, 0.4) is 0 Å². The molecule has 1 aliphatic carbocycles. The summed E-state index contributed by atoms with van der Waals surface area (Å²) in [4.78, 5) is 0. The average Bonchev–Trinajstić information content (AvgIpc) is 2.17. The lowest BCUT2D eigenvalue weighted by molar-refractivity contribution is -0.0202. The quantitative estimate of drug-likeness (QED) is 0.829. The van der Waals surface area contributed by atoms with Crippen LogP contribution in [0.2, 0.25) is 5.02 Å². The van der Waals surface area contributed by atoms with Crippen molar-refractivity contribution < 1.29 is 5.11 Å². The van der Waals surface area contributed by atoms with Crippen LogP contribution in [0.1, 0.15) is 24.8 Å². The first-order valence-corrected chi connectivity index (χ1v) is 5.70. The fourth-order valence-corrected chi connectivity index (χ4v) is 1.99. The lowest BCUT2D eigenvalue weighted by Crippen LogP contribution is -2.43. The first-order chi connectivity index (χ1) is 7.11. The first kappa shape index (κ1) is 10.8. The van der Waals surface area contributed by atoms with E-state index in [1.807, 2.05) is 25.1 Å². The van der Waals surface area contributed by atoms with Gasteiger partial charge in [0.15, 0.2) is 0 Å². The van der Waals surface area contributed by atoms with Gasteiger partial charge in [-0.2, -0.15) is 0 Å². The fourth-order valence-electron chi connectivity index (χ4n) is 1.82. The predicted molar refractivity (Wildman–Crippen MR) is 63.5 cm³/mol. The number of hydrogen-bond acceptors (Lipinski definition) is 2. The second-order valence-electron chi connectivity index (χ2n) is 4.34. The van der Waals surface area contributed by atoms with Crippen molar-refractivity contribution >= 4 is 17.3 Å². The zero-order valence-electron chi connectivity index (χ0n) is 8.89. The summed E-state index contributed by atoms with van der Waals surface area (Å²) >= 11 is 6.01. The Bertz CT molecular complexity index is 361. The maximum Gasteiger partial charge on any atom is 0.0819 e. The lowest BCUT2D eigenvalue weighted by atomic mass is 9.80. The van der Waals surface area contributed by atoms with E-state index in [0.717, 1.165) is 35.5 Å². The second-order valence-corrected chi connectivity index (χ2v) is 4.75. The van der Waals surface area contributed by atoms with Crippen LogP contribution in [0.25, 0.3) is 0 Å². The summed E-state index contributed by atoms with van der Waals surface area (Å²) in [6, 6.07) is 5.78. The second kappa shape index (κ2) is 4.03. The molecule has 2 N–H and O–H groups in total. The van der Waals surface area contributed by atoms with E-state index in [0.29, 0.717) is 6.54 Å². The summed E-state index contributed by atoms with van der Waals surface area (Å²) < 4.78 is 0. The molecule has 1 aromatic rings. The minimum atomic E-state index is -0.491. The summed E-state index contributed by atoms with van der Waals surface area (Å²) in [5.41, 5.74) is 1.57. The minimum Gasteiger partial charge on any atom is -0.388 e. The van der Waals surface area contributed by atoms with Gasteiger partial charge in [0, 0.05) is 17.3 Å². The summed E-state index contributed by atoms with van der Waals surface area (Å²) in [5.74, 6) is 0. The predicted octanol–water partition coefficient (Wildman–Crippen LogP) is 2.98. The number of hydrogen-bond donors (Lipinski definition) is 2. The molecule has 1 aliphatic rings. The van der Waals surface area contributed by atoms with E-state index in [1.165, 1.54) is 0 Å². The Kier molecular flexibility index (Phi) is 2.89. The Balaban J connectivity index is 2.01. The molecule has 1 aromatic carbocycles. The maximum absolute atomic E-state index is 9.94. The summed E-state index contributed by atoms with van der Waals surface area (Å²) in [7, 11) is 0. The number of nitrogens with one attached hydrogen (secondary N) is 1. The van der Waals surface area contributed by atoms with Crippen LogP contribution in [0, 0.1) is 6.92 Å². The molecule has 0 aliphatic heterocycles.